The summed E-state index contributed by atoms with van der Waals surface area (Å²) in [5.74, 6) is -1.36. The molecule has 0 aliphatic carbocycles. The number of nitrogens with one attached hydrogen (secondary N) is 2. The molecule has 0 aromatic carbocycles. The number of nitrogens with two attached hydrogens (primary N) is 1. The van der Waals surface area contributed by atoms with Gasteiger partial charge in [-0.1, -0.05) is 25.3 Å². The van der Waals surface area contributed by atoms with Gasteiger partial charge in [-0.25, -0.2) is 0 Å². The second kappa shape index (κ2) is 7.08. The van der Waals surface area contributed by atoms with Gasteiger partial charge in [-0.2, -0.15) is 0 Å². The number of carbonyl (C=O) groups excluding carboxylic acids is 3. The zero-order valence-electron chi connectivity index (χ0n) is 11.0. The lowest BCUT2D eigenvalue weighted by Gasteiger charge is -2.22. The van der Waals surface area contributed by atoms with Crippen molar-refractivity contribution in [2.45, 2.75) is 18.9 Å². The van der Waals surface area contributed by atoms with Crippen molar-refractivity contribution in [3.63, 3.8) is 0 Å². The van der Waals surface area contributed by atoms with E-state index in [1.165, 1.54) is 24.3 Å². The molecule has 1 saturated heterocycles. The van der Waals surface area contributed by atoms with Crippen LogP contribution in [0.5, 0.6) is 0 Å². The molecule has 0 radical (unpaired) electrons. The van der Waals surface area contributed by atoms with Crippen molar-refractivity contribution in [3.05, 3.63) is 48.7 Å². The maximum Gasteiger partial charge on any atom is 0.254 e. The molecule has 106 valence electrons. The minimum Gasteiger partial charge on any atom is -0.398 e. The predicted molar refractivity (Wildman–Crippen MR) is 75.1 cm³/mol. The van der Waals surface area contributed by atoms with Crippen LogP contribution in [0.2, 0.25) is 0 Å². The van der Waals surface area contributed by atoms with Crippen molar-refractivity contribution >= 4 is 17.7 Å². The number of allylic oxidation sites excluding steroid dienone is 4. The summed E-state index contributed by atoms with van der Waals surface area (Å²) in [7, 11) is 0. The van der Waals surface area contributed by atoms with Crippen LogP contribution in [0, 0.1) is 0 Å². The van der Waals surface area contributed by atoms with Crippen molar-refractivity contribution in [1.29, 1.82) is 0 Å². The zero-order valence-corrected chi connectivity index (χ0v) is 11.0. The van der Waals surface area contributed by atoms with Gasteiger partial charge < -0.3 is 11.1 Å². The van der Waals surface area contributed by atoms with Gasteiger partial charge in [0.2, 0.25) is 11.8 Å². The Bertz CT molecular complexity index is 518. The molecule has 20 heavy (non-hydrogen) atoms. The largest absolute Gasteiger partial charge is 0.398 e. The lowest BCUT2D eigenvalue weighted by Crippen LogP contribution is -2.52. The van der Waals surface area contributed by atoms with E-state index < -0.39 is 17.9 Å². The first-order valence-electron chi connectivity index (χ1n) is 6.05. The van der Waals surface area contributed by atoms with E-state index in [1.54, 1.807) is 0 Å². The Morgan fingerprint density at radius 1 is 1.30 bits per heavy atom. The quantitative estimate of drug-likeness (QED) is 0.375. The number of hydrogen-bond donors (Lipinski definition) is 3. The Morgan fingerprint density at radius 3 is 2.50 bits per heavy atom. The molecule has 0 bridgehead atoms. The van der Waals surface area contributed by atoms with Gasteiger partial charge >= 0.3 is 0 Å². The fourth-order valence-corrected chi connectivity index (χ4v) is 1.70. The number of rotatable bonds is 5. The lowest BCUT2D eigenvalue weighted by molar-refractivity contribution is -0.136. The van der Waals surface area contributed by atoms with Crippen LogP contribution in [0.4, 0.5) is 0 Å². The van der Waals surface area contributed by atoms with E-state index >= 15 is 0 Å². The van der Waals surface area contributed by atoms with Crippen molar-refractivity contribution in [1.82, 2.24) is 10.6 Å². The first-order chi connectivity index (χ1) is 9.49. The van der Waals surface area contributed by atoms with E-state index in [4.69, 9.17) is 5.73 Å². The number of amides is 3. The summed E-state index contributed by atoms with van der Waals surface area (Å²) in [5, 5.41) is 4.70. The van der Waals surface area contributed by atoms with Crippen LogP contribution in [-0.2, 0) is 14.4 Å². The smallest absolute Gasteiger partial charge is 0.254 e. The van der Waals surface area contributed by atoms with Crippen molar-refractivity contribution in [2.24, 2.45) is 5.73 Å². The molecule has 0 aromatic rings. The van der Waals surface area contributed by atoms with E-state index in [1.807, 2.05) is 0 Å². The van der Waals surface area contributed by atoms with Crippen LogP contribution in [0.1, 0.15) is 12.8 Å². The monoisotopic (exact) mass is 275 g/mol. The van der Waals surface area contributed by atoms with Crippen molar-refractivity contribution in [3.8, 4) is 0 Å². The summed E-state index contributed by atoms with van der Waals surface area (Å²) in [6, 6.07) is -0.745. The molecule has 1 atom stereocenters. The van der Waals surface area contributed by atoms with Gasteiger partial charge in [0.05, 0.1) is 5.57 Å². The van der Waals surface area contributed by atoms with E-state index in [0.29, 0.717) is 0 Å². The molecule has 1 aliphatic rings. The highest BCUT2D eigenvalue weighted by molar-refractivity contribution is 6.04. The number of carbonyl (C=O) groups is 3. The van der Waals surface area contributed by atoms with Gasteiger partial charge in [0.15, 0.2) is 0 Å². The molecule has 4 N–H and O–H groups in total. The van der Waals surface area contributed by atoms with Gasteiger partial charge in [-0.3, -0.25) is 19.7 Å². The third-order valence-electron chi connectivity index (χ3n) is 2.68. The number of piperidine rings is 1. The Balaban J connectivity index is 2.82. The molecular formula is C14H17N3O3. The van der Waals surface area contributed by atoms with Gasteiger partial charge in [0.1, 0.15) is 6.04 Å². The fraction of sp³-hybridized carbons (Fsp3) is 0.214. The molecule has 1 heterocycles. The third-order valence-corrected chi connectivity index (χ3v) is 2.68. The topological polar surface area (TPSA) is 101 Å². The van der Waals surface area contributed by atoms with Crippen LogP contribution in [0.3, 0.4) is 0 Å². The molecule has 1 aliphatic heterocycles. The minimum atomic E-state index is -0.745. The Morgan fingerprint density at radius 2 is 1.95 bits per heavy atom. The standard InChI is InChI=1S/C14H17N3O3/c1-3-5-9(10(15)6-4-2)13(19)16-11-7-8-12(18)17-14(11)20/h3-6,11H,1-2,7-8,15H2,(H,16,19)(H,17,18,20)/b9-5+,10-6+. The highest BCUT2D eigenvalue weighted by atomic mass is 16.2. The molecule has 1 rings (SSSR count). The number of imide groups is 1. The third kappa shape index (κ3) is 3.94. The van der Waals surface area contributed by atoms with E-state index in [2.05, 4.69) is 23.8 Å². The summed E-state index contributed by atoms with van der Waals surface area (Å²) in [6.45, 7) is 7.00. The van der Waals surface area contributed by atoms with Crippen LogP contribution in [-0.4, -0.2) is 23.8 Å². The van der Waals surface area contributed by atoms with Gasteiger partial charge in [0.25, 0.3) is 5.91 Å². The SMILES string of the molecule is C=C/C=C(N)\C(=C/C=C)C(=O)NC1CCC(=O)NC1=O. The molecule has 1 unspecified atom stereocenters. The minimum absolute atomic E-state index is 0.185. The number of hydrogen-bond acceptors (Lipinski definition) is 4. The summed E-state index contributed by atoms with van der Waals surface area (Å²) in [4.78, 5) is 34.7. The van der Waals surface area contributed by atoms with E-state index in [0.717, 1.165) is 0 Å². The Kier molecular flexibility index (Phi) is 5.46. The first kappa shape index (κ1) is 15.4. The molecule has 6 nitrogen and oxygen atoms in total. The zero-order chi connectivity index (χ0) is 15.1. The van der Waals surface area contributed by atoms with Gasteiger partial charge in [-0.05, 0) is 18.6 Å². The van der Waals surface area contributed by atoms with Crippen molar-refractivity contribution < 1.29 is 14.4 Å². The van der Waals surface area contributed by atoms with Crippen molar-refractivity contribution in [2.75, 3.05) is 0 Å². The maximum absolute atomic E-state index is 12.1. The second-order valence-corrected chi connectivity index (χ2v) is 4.15. The van der Waals surface area contributed by atoms with Crippen LogP contribution in [0.15, 0.2) is 48.7 Å². The fourth-order valence-electron chi connectivity index (χ4n) is 1.70. The molecule has 3 amide bonds. The van der Waals surface area contributed by atoms with Gasteiger partial charge in [-0.15, -0.1) is 0 Å². The molecule has 1 fully saturated rings. The molecule has 6 heteroatoms. The van der Waals surface area contributed by atoms with Crippen LogP contribution >= 0.6 is 0 Å². The lowest BCUT2D eigenvalue weighted by atomic mass is 10.0. The van der Waals surface area contributed by atoms with Gasteiger partial charge in [0, 0.05) is 12.1 Å². The Labute approximate surface area is 117 Å². The molecular weight excluding hydrogens is 258 g/mol. The summed E-state index contributed by atoms with van der Waals surface area (Å²) >= 11 is 0. The van der Waals surface area contributed by atoms with Crippen LogP contribution in [0.25, 0.3) is 0 Å². The molecule has 0 saturated carbocycles. The summed E-state index contributed by atoms with van der Waals surface area (Å²) < 4.78 is 0. The first-order valence-corrected chi connectivity index (χ1v) is 6.05. The summed E-state index contributed by atoms with van der Waals surface area (Å²) in [5.41, 5.74) is 6.13. The van der Waals surface area contributed by atoms with E-state index in [-0.39, 0.29) is 30.0 Å². The maximum atomic E-state index is 12.1. The highest BCUT2D eigenvalue weighted by Gasteiger charge is 2.28. The highest BCUT2D eigenvalue weighted by Crippen LogP contribution is 2.09. The summed E-state index contributed by atoms with van der Waals surface area (Å²) in [6.07, 6.45) is 6.24. The second-order valence-electron chi connectivity index (χ2n) is 4.15. The normalized spacial score (nSPS) is 20.1. The Hall–Kier alpha value is -2.63. The average Bonchev–Trinajstić information content (AvgIpc) is 2.39. The molecule has 0 aromatic heterocycles. The van der Waals surface area contributed by atoms with E-state index in [9.17, 15) is 14.4 Å². The van der Waals surface area contributed by atoms with Crippen LogP contribution < -0.4 is 16.4 Å². The predicted octanol–water partition coefficient (Wildman–Crippen LogP) is 0.0488. The molecule has 0 spiro atoms. The average molecular weight is 275 g/mol.